The van der Waals surface area contributed by atoms with Crippen molar-refractivity contribution in [1.29, 1.82) is 0 Å². The number of carboxylic acids is 1. The molecule has 0 amide bonds. The van der Waals surface area contributed by atoms with E-state index >= 15 is 0 Å². The van der Waals surface area contributed by atoms with E-state index in [1.165, 1.54) is 21.8 Å². The summed E-state index contributed by atoms with van der Waals surface area (Å²) < 4.78 is 25.9. The molecular weight excluding hydrogens is 274 g/mol. The van der Waals surface area contributed by atoms with Crippen LogP contribution in [-0.2, 0) is 10.0 Å². The molecular formula is C11H15NO4S2. The Kier molecular flexibility index (Phi) is 4.66. The summed E-state index contributed by atoms with van der Waals surface area (Å²) in [7, 11) is -3.66. The van der Waals surface area contributed by atoms with Crippen LogP contribution in [0.3, 0.4) is 0 Å². The molecule has 0 saturated carbocycles. The molecule has 0 aliphatic carbocycles. The zero-order valence-corrected chi connectivity index (χ0v) is 11.8. The van der Waals surface area contributed by atoms with Gasteiger partial charge >= 0.3 is 5.97 Å². The molecule has 1 aromatic rings. The number of rotatable bonds is 6. The summed E-state index contributed by atoms with van der Waals surface area (Å²) in [6, 6.07) is 0.962. The molecule has 5 nitrogen and oxygen atoms in total. The molecule has 100 valence electrons. The smallest absolute Gasteiger partial charge is 0.336 e. The lowest BCUT2D eigenvalue weighted by Gasteiger charge is -2.23. The lowest BCUT2D eigenvalue weighted by Crippen LogP contribution is -2.36. The molecule has 1 N–H and O–H groups in total. The van der Waals surface area contributed by atoms with Crippen molar-refractivity contribution in [2.45, 2.75) is 24.1 Å². The number of nitrogens with zero attached hydrogens (tertiary/aromatic N) is 1. The van der Waals surface area contributed by atoms with Gasteiger partial charge in [-0.2, -0.15) is 4.31 Å². The predicted molar refractivity (Wildman–Crippen MR) is 70.5 cm³/mol. The summed E-state index contributed by atoms with van der Waals surface area (Å²) in [5.74, 6) is -1.13. The second-order valence-corrected chi connectivity index (χ2v) is 6.95. The highest BCUT2D eigenvalue weighted by Gasteiger charge is 2.28. The Bertz CT molecular complexity index is 545. The molecule has 1 aromatic heterocycles. The third kappa shape index (κ3) is 2.98. The van der Waals surface area contributed by atoms with E-state index in [0.29, 0.717) is 0 Å². The van der Waals surface area contributed by atoms with Crippen molar-refractivity contribution >= 4 is 27.3 Å². The Labute approximate surface area is 110 Å². The summed E-state index contributed by atoms with van der Waals surface area (Å²) in [6.07, 6.45) is 1.50. The van der Waals surface area contributed by atoms with Crippen molar-refractivity contribution in [1.82, 2.24) is 4.31 Å². The van der Waals surface area contributed by atoms with Gasteiger partial charge in [-0.3, -0.25) is 0 Å². The second-order valence-electron chi connectivity index (χ2n) is 3.92. The van der Waals surface area contributed by atoms with Crippen molar-refractivity contribution in [3.63, 3.8) is 0 Å². The maximum atomic E-state index is 12.3. The molecule has 0 unspecified atom stereocenters. The predicted octanol–water partition coefficient (Wildman–Crippen LogP) is 2.03. The van der Waals surface area contributed by atoms with Gasteiger partial charge in [0.2, 0.25) is 0 Å². The van der Waals surface area contributed by atoms with Crippen LogP contribution >= 0.6 is 11.3 Å². The van der Waals surface area contributed by atoms with Crippen molar-refractivity contribution < 1.29 is 18.3 Å². The third-order valence-corrected chi connectivity index (χ3v) is 5.73. The average molecular weight is 289 g/mol. The molecule has 0 spiro atoms. The van der Waals surface area contributed by atoms with Crippen LogP contribution in [0.15, 0.2) is 28.3 Å². The number of thiophene rings is 1. The Balaban J connectivity index is 3.17. The maximum absolute atomic E-state index is 12.3. The van der Waals surface area contributed by atoms with Crippen molar-refractivity contribution in [3.8, 4) is 0 Å². The highest BCUT2D eigenvalue weighted by molar-refractivity contribution is 7.91. The van der Waals surface area contributed by atoms with Crippen LogP contribution in [0.4, 0.5) is 0 Å². The second kappa shape index (κ2) is 5.64. The van der Waals surface area contributed by atoms with Gasteiger partial charge in [0.25, 0.3) is 10.0 Å². The van der Waals surface area contributed by atoms with Gasteiger partial charge in [0.15, 0.2) is 0 Å². The van der Waals surface area contributed by atoms with E-state index in [1.807, 2.05) is 0 Å². The SMILES string of the molecule is C=CCN(C(C)C)S(=O)(=O)c1cc(C(=O)O)cs1. The summed E-state index contributed by atoms with van der Waals surface area (Å²) >= 11 is 0.912. The van der Waals surface area contributed by atoms with Crippen LogP contribution in [0, 0.1) is 0 Å². The molecule has 0 saturated heterocycles. The van der Waals surface area contributed by atoms with Gasteiger partial charge in [-0.15, -0.1) is 17.9 Å². The summed E-state index contributed by atoms with van der Waals surface area (Å²) in [6.45, 7) is 7.23. The van der Waals surface area contributed by atoms with Crippen molar-refractivity contribution in [2.24, 2.45) is 0 Å². The summed E-state index contributed by atoms with van der Waals surface area (Å²) in [5.41, 5.74) is -0.0131. The molecule has 7 heteroatoms. The van der Waals surface area contributed by atoms with Gasteiger partial charge in [0.05, 0.1) is 5.56 Å². The first-order valence-corrected chi connectivity index (χ1v) is 7.57. The van der Waals surface area contributed by atoms with Crippen LogP contribution in [0.5, 0.6) is 0 Å². The largest absolute Gasteiger partial charge is 0.478 e. The Morgan fingerprint density at radius 3 is 2.61 bits per heavy atom. The fourth-order valence-electron chi connectivity index (χ4n) is 1.39. The summed E-state index contributed by atoms with van der Waals surface area (Å²) in [5, 5.41) is 10.1. The van der Waals surface area contributed by atoms with E-state index in [4.69, 9.17) is 5.11 Å². The fourth-order valence-corrected chi connectivity index (χ4v) is 4.28. The van der Waals surface area contributed by atoms with Crippen LogP contribution in [-0.4, -0.2) is 36.4 Å². The molecule has 0 aliphatic rings. The van der Waals surface area contributed by atoms with Gasteiger partial charge in [0, 0.05) is 18.0 Å². The van der Waals surface area contributed by atoms with Crippen LogP contribution in [0.1, 0.15) is 24.2 Å². The van der Waals surface area contributed by atoms with Gasteiger partial charge < -0.3 is 5.11 Å². The standard InChI is InChI=1S/C11H15NO4S2/c1-4-5-12(8(2)3)18(15,16)10-6-9(7-17-10)11(13)14/h4,6-8H,1,5H2,2-3H3,(H,13,14). The molecule has 1 rings (SSSR count). The molecule has 1 heterocycles. The first kappa shape index (κ1) is 14.9. The number of hydrogen-bond donors (Lipinski definition) is 1. The molecule has 0 fully saturated rings. The number of carboxylic acid groups (broad SMARTS) is 1. The van der Waals surface area contributed by atoms with E-state index in [-0.39, 0.29) is 22.4 Å². The quantitative estimate of drug-likeness (QED) is 0.813. The minimum absolute atomic E-state index is 0.0131. The van der Waals surface area contributed by atoms with Gasteiger partial charge in [-0.05, 0) is 19.9 Å². The highest BCUT2D eigenvalue weighted by atomic mass is 32.2. The van der Waals surface area contributed by atoms with Crippen LogP contribution in [0.2, 0.25) is 0 Å². The lowest BCUT2D eigenvalue weighted by molar-refractivity contribution is 0.0697. The molecule has 0 aromatic carbocycles. The van der Waals surface area contributed by atoms with E-state index in [0.717, 1.165) is 11.3 Å². The number of carbonyl (C=O) groups is 1. The minimum Gasteiger partial charge on any atom is -0.478 e. The van der Waals surface area contributed by atoms with Gasteiger partial charge in [-0.1, -0.05) is 6.08 Å². The number of aromatic carboxylic acids is 1. The first-order valence-electron chi connectivity index (χ1n) is 5.25. The van der Waals surface area contributed by atoms with Crippen LogP contribution in [0.25, 0.3) is 0 Å². The minimum atomic E-state index is -3.66. The Morgan fingerprint density at radius 1 is 1.61 bits per heavy atom. The Morgan fingerprint density at radius 2 is 2.22 bits per heavy atom. The monoisotopic (exact) mass is 289 g/mol. The van der Waals surface area contributed by atoms with Gasteiger partial charge in [0.1, 0.15) is 4.21 Å². The van der Waals surface area contributed by atoms with E-state index < -0.39 is 16.0 Å². The molecule has 0 radical (unpaired) electrons. The molecule has 0 atom stereocenters. The molecule has 0 aliphatic heterocycles. The van der Waals surface area contributed by atoms with Crippen LogP contribution < -0.4 is 0 Å². The average Bonchev–Trinajstić information content (AvgIpc) is 2.74. The zero-order chi connectivity index (χ0) is 13.9. The Hall–Kier alpha value is -1.18. The van der Waals surface area contributed by atoms with Crippen molar-refractivity contribution in [2.75, 3.05) is 6.54 Å². The summed E-state index contributed by atoms with van der Waals surface area (Å²) in [4.78, 5) is 10.8. The van der Waals surface area contributed by atoms with E-state index in [2.05, 4.69) is 6.58 Å². The lowest BCUT2D eigenvalue weighted by atomic mass is 10.4. The normalized spacial score (nSPS) is 12.0. The number of sulfonamides is 1. The maximum Gasteiger partial charge on any atom is 0.336 e. The third-order valence-electron chi connectivity index (χ3n) is 2.27. The first-order chi connectivity index (χ1) is 8.30. The van der Waals surface area contributed by atoms with Gasteiger partial charge in [-0.25, -0.2) is 13.2 Å². The van der Waals surface area contributed by atoms with E-state index in [9.17, 15) is 13.2 Å². The zero-order valence-electron chi connectivity index (χ0n) is 10.2. The fraction of sp³-hybridized carbons (Fsp3) is 0.364. The highest BCUT2D eigenvalue weighted by Crippen LogP contribution is 2.25. The molecule has 18 heavy (non-hydrogen) atoms. The van der Waals surface area contributed by atoms with Crippen molar-refractivity contribution in [3.05, 3.63) is 29.7 Å². The number of hydrogen-bond acceptors (Lipinski definition) is 4. The topological polar surface area (TPSA) is 74.7 Å². The van der Waals surface area contributed by atoms with E-state index in [1.54, 1.807) is 13.8 Å². The molecule has 0 bridgehead atoms.